The van der Waals surface area contributed by atoms with Crippen molar-refractivity contribution in [3.8, 4) is 0 Å². The van der Waals surface area contributed by atoms with Crippen LogP contribution in [0.2, 0.25) is 5.02 Å². The largest absolute Gasteiger partial charge is 0.395 e. The Morgan fingerprint density at radius 3 is 2.37 bits per heavy atom. The zero-order valence-corrected chi connectivity index (χ0v) is 20.9. The van der Waals surface area contributed by atoms with Crippen LogP contribution in [0.3, 0.4) is 0 Å². The molecule has 208 valence electrons. The van der Waals surface area contributed by atoms with Crippen LogP contribution < -0.4 is 20.9 Å². The number of piperazine rings is 1. The number of carbonyl (C=O) groups excluding carboxylic acids is 2. The molecule has 3 amide bonds. The third kappa shape index (κ3) is 8.17. The normalized spacial score (nSPS) is 14.3. The van der Waals surface area contributed by atoms with Gasteiger partial charge in [0, 0.05) is 56.4 Å². The van der Waals surface area contributed by atoms with E-state index in [1.807, 2.05) is 4.90 Å². The Balaban J connectivity index is 1.68. The van der Waals surface area contributed by atoms with Gasteiger partial charge in [-0.2, -0.15) is 13.2 Å². The molecule has 0 atom stereocenters. The van der Waals surface area contributed by atoms with Gasteiger partial charge >= 0.3 is 12.2 Å². The molecule has 2 aromatic rings. The zero-order chi connectivity index (χ0) is 27.9. The maximum atomic E-state index is 14.7. The summed E-state index contributed by atoms with van der Waals surface area (Å²) in [5.74, 6) is -3.62. The van der Waals surface area contributed by atoms with Gasteiger partial charge in [0.2, 0.25) is 0 Å². The first kappa shape index (κ1) is 29.4. The Morgan fingerprint density at radius 2 is 1.71 bits per heavy atom. The average Bonchev–Trinajstić information content (AvgIpc) is 2.88. The van der Waals surface area contributed by atoms with Gasteiger partial charge in [0.15, 0.2) is 11.6 Å². The van der Waals surface area contributed by atoms with Gasteiger partial charge < -0.3 is 26.0 Å². The van der Waals surface area contributed by atoms with E-state index in [1.54, 1.807) is 11.0 Å². The third-order valence-corrected chi connectivity index (χ3v) is 6.11. The quantitative estimate of drug-likeness (QED) is 0.349. The summed E-state index contributed by atoms with van der Waals surface area (Å²) in [4.78, 5) is 27.9. The molecule has 0 radical (unpaired) electrons. The zero-order valence-electron chi connectivity index (χ0n) is 20.2. The van der Waals surface area contributed by atoms with Crippen molar-refractivity contribution < 1.29 is 36.6 Å². The van der Waals surface area contributed by atoms with Crippen LogP contribution >= 0.6 is 11.6 Å². The van der Waals surface area contributed by atoms with E-state index in [0.717, 1.165) is 6.07 Å². The molecule has 2 aromatic carbocycles. The molecule has 4 N–H and O–H groups in total. The number of carbonyl (C=O) groups is 2. The van der Waals surface area contributed by atoms with E-state index in [4.69, 9.17) is 16.7 Å². The van der Waals surface area contributed by atoms with Crippen molar-refractivity contribution >= 4 is 34.9 Å². The molecule has 3 rings (SSSR count). The lowest BCUT2D eigenvalue weighted by atomic mass is 10.1. The second-order valence-corrected chi connectivity index (χ2v) is 8.98. The van der Waals surface area contributed by atoms with Gasteiger partial charge in [-0.3, -0.25) is 9.69 Å². The van der Waals surface area contributed by atoms with Gasteiger partial charge in [0.1, 0.15) is 0 Å². The lowest BCUT2D eigenvalue weighted by Gasteiger charge is -2.37. The number of nitrogens with one attached hydrogen (secondary N) is 3. The molecule has 0 spiro atoms. The first-order valence-electron chi connectivity index (χ1n) is 11.7. The van der Waals surface area contributed by atoms with Crippen LogP contribution in [0, 0.1) is 11.6 Å². The molecule has 0 bridgehead atoms. The monoisotopic (exact) mass is 563 g/mol. The van der Waals surface area contributed by atoms with Gasteiger partial charge in [-0.15, -0.1) is 0 Å². The molecule has 1 aliphatic heterocycles. The molecule has 1 fully saturated rings. The summed E-state index contributed by atoms with van der Waals surface area (Å²) < 4.78 is 66.9. The van der Waals surface area contributed by atoms with E-state index < -0.39 is 41.7 Å². The summed E-state index contributed by atoms with van der Waals surface area (Å²) in [7, 11) is 0. The number of rotatable bonds is 9. The number of hydrogen-bond donors (Lipinski definition) is 4. The van der Waals surface area contributed by atoms with Crippen LogP contribution in [0.1, 0.15) is 22.3 Å². The highest BCUT2D eigenvalue weighted by molar-refractivity contribution is 6.31. The molecule has 0 unspecified atom stereocenters. The Labute approximate surface area is 220 Å². The number of alkyl halides is 3. The fourth-order valence-electron chi connectivity index (χ4n) is 3.87. The Morgan fingerprint density at radius 1 is 1.00 bits per heavy atom. The van der Waals surface area contributed by atoms with Crippen molar-refractivity contribution in [2.45, 2.75) is 19.1 Å². The number of benzene rings is 2. The smallest absolute Gasteiger partial charge is 0.390 e. The van der Waals surface area contributed by atoms with Crippen molar-refractivity contribution in [2.24, 2.45) is 0 Å². The van der Waals surface area contributed by atoms with Crippen molar-refractivity contribution in [3.05, 3.63) is 58.1 Å². The number of hydrogen-bond acceptors (Lipinski definition) is 5. The Hall–Kier alpha value is -3.16. The van der Waals surface area contributed by atoms with E-state index in [9.17, 15) is 31.5 Å². The summed E-state index contributed by atoms with van der Waals surface area (Å²) in [6, 6.07) is 6.17. The highest BCUT2D eigenvalue weighted by Gasteiger charge is 2.29. The predicted molar refractivity (Wildman–Crippen MR) is 132 cm³/mol. The van der Waals surface area contributed by atoms with E-state index in [-0.39, 0.29) is 37.5 Å². The molecule has 1 aliphatic rings. The maximum Gasteiger partial charge on any atom is 0.390 e. The molecule has 38 heavy (non-hydrogen) atoms. The lowest BCUT2D eigenvalue weighted by Crippen LogP contribution is -2.47. The summed E-state index contributed by atoms with van der Waals surface area (Å²) in [6.07, 6.45) is -5.14. The van der Waals surface area contributed by atoms with E-state index in [1.165, 1.54) is 18.2 Å². The minimum Gasteiger partial charge on any atom is -0.395 e. The third-order valence-electron chi connectivity index (χ3n) is 5.88. The van der Waals surface area contributed by atoms with Crippen molar-refractivity contribution in [1.29, 1.82) is 0 Å². The highest BCUT2D eigenvalue weighted by atomic mass is 35.5. The topological polar surface area (TPSA) is 96.9 Å². The van der Waals surface area contributed by atoms with E-state index >= 15 is 0 Å². The minimum absolute atomic E-state index is 0.0117. The second-order valence-electron chi connectivity index (χ2n) is 8.54. The molecular formula is C24H27ClF5N5O3. The number of anilines is 2. The van der Waals surface area contributed by atoms with Crippen LogP contribution in [0.4, 0.5) is 38.1 Å². The summed E-state index contributed by atoms with van der Waals surface area (Å²) in [5.41, 5.74) is 0.0220. The fraction of sp³-hybridized carbons (Fsp3) is 0.417. The van der Waals surface area contributed by atoms with Gasteiger partial charge in [-0.05, 0) is 24.3 Å². The number of amides is 3. The molecule has 8 nitrogen and oxygen atoms in total. The summed E-state index contributed by atoms with van der Waals surface area (Å²) >= 11 is 6.13. The Bertz CT molecular complexity index is 1140. The van der Waals surface area contributed by atoms with Crippen molar-refractivity contribution in [3.63, 3.8) is 0 Å². The first-order valence-corrected chi connectivity index (χ1v) is 12.1. The first-order chi connectivity index (χ1) is 18.0. The number of halogens is 6. The van der Waals surface area contributed by atoms with Gasteiger partial charge in [0.05, 0.1) is 30.0 Å². The number of nitrogens with zero attached hydrogens (tertiary/aromatic N) is 2. The maximum absolute atomic E-state index is 14.7. The van der Waals surface area contributed by atoms with E-state index in [2.05, 4.69) is 16.0 Å². The predicted octanol–water partition coefficient (Wildman–Crippen LogP) is 3.74. The Kier molecular flexibility index (Phi) is 10.1. The van der Waals surface area contributed by atoms with E-state index in [0.29, 0.717) is 36.9 Å². The highest BCUT2D eigenvalue weighted by Crippen LogP contribution is 2.31. The molecule has 0 saturated carbocycles. The van der Waals surface area contributed by atoms with Crippen LogP contribution in [0.15, 0.2) is 30.3 Å². The second kappa shape index (κ2) is 13.1. The van der Waals surface area contributed by atoms with Crippen LogP contribution in [0.25, 0.3) is 0 Å². The van der Waals surface area contributed by atoms with Crippen molar-refractivity contribution in [2.75, 3.05) is 56.1 Å². The lowest BCUT2D eigenvalue weighted by molar-refractivity contribution is -0.138. The molecule has 14 heteroatoms. The number of aliphatic hydroxyl groups is 1. The van der Waals surface area contributed by atoms with Crippen molar-refractivity contribution in [1.82, 2.24) is 15.5 Å². The SMILES string of the molecule is O=C(NCCO)NCc1ccc(C(=O)Nc2ccc(Cl)cc2N2CCN(CCC(F)(F)F)CC2)c(F)c1F. The summed E-state index contributed by atoms with van der Waals surface area (Å²) in [6.45, 7) is 0.719. The fourth-order valence-corrected chi connectivity index (χ4v) is 4.03. The molecule has 1 saturated heterocycles. The number of aliphatic hydroxyl groups excluding tert-OH is 1. The molecule has 0 aromatic heterocycles. The molecular weight excluding hydrogens is 537 g/mol. The standard InChI is InChI=1S/C24H27ClF5N5O3/c25-16-2-4-18(19(13-16)35-10-8-34(9-11-35)7-5-24(28,29)30)33-22(37)17-3-1-15(20(26)21(17)27)14-32-23(38)31-6-12-36/h1-4,13,36H,5-12,14H2,(H,33,37)(H2,31,32,38). The summed E-state index contributed by atoms with van der Waals surface area (Å²) in [5, 5.41) is 16.2. The molecule has 0 aliphatic carbocycles. The van der Waals surface area contributed by atoms with Gasteiger partial charge in [-0.1, -0.05) is 17.7 Å². The van der Waals surface area contributed by atoms with Gasteiger partial charge in [0.25, 0.3) is 5.91 Å². The molecule has 1 heterocycles. The average molecular weight is 564 g/mol. The minimum atomic E-state index is -4.24. The van der Waals surface area contributed by atoms with Gasteiger partial charge in [-0.25, -0.2) is 13.6 Å². The van der Waals surface area contributed by atoms with Crippen LogP contribution in [-0.4, -0.2) is 74.0 Å². The van der Waals surface area contributed by atoms with Crippen LogP contribution in [0.5, 0.6) is 0 Å². The number of urea groups is 1. The van der Waals surface area contributed by atoms with Crippen LogP contribution in [-0.2, 0) is 6.54 Å².